The van der Waals surface area contributed by atoms with Gasteiger partial charge in [-0.1, -0.05) is 72.8 Å². The number of hydrazone groups is 1. The summed E-state index contributed by atoms with van der Waals surface area (Å²) in [6.07, 6.45) is 1.81. The lowest BCUT2D eigenvalue weighted by Gasteiger charge is -2.30. The van der Waals surface area contributed by atoms with Crippen LogP contribution in [-0.2, 0) is 6.54 Å². The summed E-state index contributed by atoms with van der Waals surface area (Å²) in [4.78, 5) is 1.59. The summed E-state index contributed by atoms with van der Waals surface area (Å²) in [5.41, 5.74) is 2.21. The van der Waals surface area contributed by atoms with Crippen LogP contribution in [0.1, 0.15) is 11.1 Å². The van der Waals surface area contributed by atoms with Crippen LogP contribution in [0.15, 0.2) is 84.0 Å². The molecular formula is C26H26N3O+. The third-order valence-electron chi connectivity index (χ3n) is 6.07. The zero-order chi connectivity index (χ0) is 20.3. The minimum Gasteiger partial charge on any atom is -0.507 e. The van der Waals surface area contributed by atoms with E-state index in [4.69, 9.17) is 5.10 Å². The fourth-order valence-electron chi connectivity index (χ4n) is 4.38. The van der Waals surface area contributed by atoms with E-state index in [1.54, 1.807) is 11.0 Å². The Labute approximate surface area is 176 Å². The number of hydrogen-bond donors (Lipinski definition) is 2. The number of phenols is 1. The number of nitrogens with zero attached hydrogens (tertiary/aromatic N) is 2. The van der Waals surface area contributed by atoms with Gasteiger partial charge in [0.1, 0.15) is 12.3 Å². The van der Waals surface area contributed by atoms with E-state index in [0.29, 0.717) is 0 Å². The van der Waals surface area contributed by atoms with Crippen LogP contribution < -0.4 is 4.90 Å². The standard InChI is InChI=1S/C26H25N3O/c30-26-13-12-21-7-2-4-11-24(21)25(26)18-27-29-16-14-28(15-17-29)19-22-9-5-8-20-6-1-3-10-23(20)22/h1-13,18,30H,14-17,19H2/p+1. The highest BCUT2D eigenvalue weighted by Gasteiger charge is 2.19. The van der Waals surface area contributed by atoms with Gasteiger partial charge in [0.2, 0.25) is 0 Å². The molecule has 5 rings (SSSR count). The van der Waals surface area contributed by atoms with Gasteiger partial charge in [0.05, 0.1) is 32.4 Å². The first-order chi connectivity index (χ1) is 14.8. The van der Waals surface area contributed by atoms with Gasteiger partial charge in [-0.15, -0.1) is 0 Å². The summed E-state index contributed by atoms with van der Waals surface area (Å²) in [6, 6.07) is 27.0. The zero-order valence-corrected chi connectivity index (χ0v) is 17.0. The van der Waals surface area contributed by atoms with Crippen molar-refractivity contribution in [2.45, 2.75) is 6.54 Å². The molecule has 0 aliphatic carbocycles. The van der Waals surface area contributed by atoms with Gasteiger partial charge in [-0.2, -0.15) is 5.10 Å². The van der Waals surface area contributed by atoms with E-state index in [9.17, 15) is 5.11 Å². The molecule has 0 radical (unpaired) electrons. The highest BCUT2D eigenvalue weighted by Crippen LogP contribution is 2.25. The van der Waals surface area contributed by atoms with Crippen molar-refractivity contribution in [2.75, 3.05) is 26.2 Å². The number of benzene rings is 4. The molecule has 1 aliphatic rings. The molecule has 1 aliphatic heterocycles. The molecule has 1 heterocycles. The molecule has 0 bridgehead atoms. The summed E-state index contributed by atoms with van der Waals surface area (Å²) in [7, 11) is 0. The number of piperazine rings is 1. The fraction of sp³-hybridized carbons (Fsp3) is 0.192. The van der Waals surface area contributed by atoms with Crippen molar-refractivity contribution in [3.05, 3.63) is 90.0 Å². The monoisotopic (exact) mass is 396 g/mol. The summed E-state index contributed by atoms with van der Waals surface area (Å²) in [5.74, 6) is 0.276. The SMILES string of the molecule is Oc1ccc2ccccc2c1C=NN1CC[NH+](Cc2cccc3ccccc23)CC1. The third kappa shape index (κ3) is 3.74. The Balaban J connectivity index is 1.26. The van der Waals surface area contributed by atoms with Gasteiger partial charge >= 0.3 is 0 Å². The molecule has 0 aromatic heterocycles. The Kier molecular flexibility index (Phi) is 5.08. The number of phenolic OH excluding ortho intramolecular Hbond substituents is 1. The number of rotatable bonds is 4. The van der Waals surface area contributed by atoms with Crippen LogP contribution >= 0.6 is 0 Å². The minimum atomic E-state index is 0.276. The van der Waals surface area contributed by atoms with Gasteiger partial charge in [0.15, 0.2) is 0 Å². The van der Waals surface area contributed by atoms with Crippen molar-refractivity contribution in [1.82, 2.24) is 5.01 Å². The van der Waals surface area contributed by atoms with Crippen LogP contribution in [0.5, 0.6) is 5.75 Å². The molecule has 4 aromatic carbocycles. The normalized spacial score (nSPS) is 15.4. The second-order valence-corrected chi connectivity index (χ2v) is 7.98. The molecule has 4 nitrogen and oxygen atoms in total. The van der Waals surface area contributed by atoms with Gasteiger partial charge in [-0.25, -0.2) is 0 Å². The van der Waals surface area contributed by atoms with Crippen molar-refractivity contribution in [2.24, 2.45) is 5.10 Å². The van der Waals surface area contributed by atoms with Gasteiger partial charge in [0.25, 0.3) is 0 Å². The molecule has 2 N–H and O–H groups in total. The first-order valence-corrected chi connectivity index (χ1v) is 10.6. The summed E-state index contributed by atoms with van der Waals surface area (Å²) >= 11 is 0. The molecule has 0 unspecified atom stereocenters. The van der Waals surface area contributed by atoms with E-state index < -0.39 is 0 Å². The predicted molar refractivity (Wildman–Crippen MR) is 123 cm³/mol. The third-order valence-corrected chi connectivity index (χ3v) is 6.07. The van der Waals surface area contributed by atoms with Crippen molar-refractivity contribution in [3.63, 3.8) is 0 Å². The minimum absolute atomic E-state index is 0.276. The number of nitrogens with one attached hydrogen (secondary N) is 1. The highest BCUT2D eigenvalue weighted by atomic mass is 16.3. The molecular weight excluding hydrogens is 370 g/mol. The average Bonchev–Trinajstić information content (AvgIpc) is 2.80. The summed E-state index contributed by atoms with van der Waals surface area (Å²) < 4.78 is 0. The highest BCUT2D eigenvalue weighted by molar-refractivity contribution is 6.02. The molecule has 0 amide bonds. The number of aromatic hydroxyl groups is 1. The van der Waals surface area contributed by atoms with Crippen LogP contribution in [-0.4, -0.2) is 42.5 Å². The molecule has 1 fully saturated rings. The lowest BCUT2D eigenvalue weighted by molar-refractivity contribution is -0.918. The summed E-state index contributed by atoms with van der Waals surface area (Å²) in [6.45, 7) is 5.00. The lowest BCUT2D eigenvalue weighted by Crippen LogP contribution is -3.13. The first kappa shape index (κ1) is 18.6. The van der Waals surface area contributed by atoms with E-state index in [0.717, 1.165) is 49.1 Å². The Morgan fingerprint density at radius 1 is 0.800 bits per heavy atom. The van der Waals surface area contributed by atoms with Crippen LogP contribution in [0.3, 0.4) is 0 Å². The van der Waals surface area contributed by atoms with E-state index in [2.05, 4.69) is 53.5 Å². The number of fused-ring (bicyclic) bond motifs is 2. The maximum Gasteiger partial charge on any atom is 0.125 e. The fourth-order valence-corrected chi connectivity index (χ4v) is 4.38. The lowest BCUT2D eigenvalue weighted by atomic mass is 10.0. The van der Waals surface area contributed by atoms with Crippen molar-refractivity contribution in [3.8, 4) is 5.75 Å². The maximum atomic E-state index is 10.3. The quantitative estimate of drug-likeness (QED) is 0.519. The smallest absolute Gasteiger partial charge is 0.125 e. The van der Waals surface area contributed by atoms with Crippen molar-refractivity contribution >= 4 is 27.8 Å². The second kappa shape index (κ2) is 8.17. The average molecular weight is 397 g/mol. The first-order valence-electron chi connectivity index (χ1n) is 10.6. The van der Waals surface area contributed by atoms with E-state index in [1.807, 2.05) is 30.5 Å². The number of quaternary nitrogens is 1. The number of hydrogen-bond acceptors (Lipinski definition) is 3. The van der Waals surface area contributed by atoms with Crippen LogP contribution in [0.2, 0.25) is 0 Å². The summed E-state index contributed by atoms with van der Waals surface area (Å²) in [5, 5.41) is 21.9. The second-order valence-electron chi connectivity index (χ2n) is 7.98. The molecule has 150 valence electrons. The van der Waals surface area contributed by atoms with Crippen LogP contribution in [0.4, 0.5) is 0 Å². The van der Waals surface area contributed by atoms with Crippen molar-refractivity contribution < 1.29 is 10.0 Å². The molecule has 30 heavy (non-hydrogen) atoms. The molecule has 1 saturated heterocycles. The largest absolute Gasteiger partial charge is 0.507 e. The van der Waals surface area contributed by atoms with Gasteiger partial charge < -0.3 is 10.0 Å². The van der Waals surface area contributed by atoms with Crippen LogP contribution in [0.25, 0.3) is 21.5 Å². The van der Waals surface area contributed by atoms with Gasteiger partial charge in [0, 0.05) is 11.1 Å². The van der Waals surface area contributed by atoms with Gasteiger partial charge in [-0.3, -0.25) is 5.01 Å². The van der Waals surface area contributed by atoms with Crippen LogP contribution in [0, 0.1) is 0 Å². The topological polar surface area (TPSA) is 40.3 Å². The Hall–Kier alpha value is -3.37. The van der Waals surface area contributed by atoms with E-state index in [1.165, 1.54) is 16.3 Å². The van der Waals surface area contributed by atoms with E-state index in [-0.39, 0.29) is 5.75 Å². The molecule has 4 aromatic rings. The van der Waals surface area contributed by atoms with Crippen molar-refractivity contribution in [1.29, 1.82) is 0 Å². The predicted octanol–water partition coefficient (Wildman–Crippen LogP) is 3.43. The zero-order valence-electron chi connectivity index (χ0n) is 17.0. The Morgan fingerprint density at radius 2 is 1.47 bits per heavy atom. The molecule has 0 spiro atoms. The Bertz CT molecular complexity index is 1200. The maximum absolute atomic E-state index is 10.3. The van der Waals surface area contributed by atoms with E-state index >= 15 is 0 Å². The molecule has 4 heteroatoms. The Morgan fingerprint density at radius 3 is 2.27 bits per heavy atom. The molecule has 0 atom stereocenters. The molecule has 0 saturated carbocycles. The van der Waals surface area contributed by atoms with Gasteiger partial charge in [-0.05, 0) is 27.6 Å².